The Morgan fingerprint density at radius 3 is 1.40 bits per heavy atom. The van der Waals surface area contributed by atoms with Crippen LogP contribution in [0.15, 0.2) is 152 Å². The van der Waals surface area contributed by atoms with Gasteiger partial charge in [-0.3, -0.25) is 19.2 Å². The molecule has 0 atom stereocenters. The molecule has 0 fully saturated rings. The average Bonchev–Trinajstić information content (AvgIpc) is 3.12. The second-order valence-corrected chi connectivity index (χ2v) is 10.9. The minimum Gasteiger partial charge on any atom is -0.355 e. The van der Waals surface area contributed by atoms with E-state index in [1.54, 1.807) is 91.0 Å². The van der Waals surface area contributed by atoms with E-state index in [-0.39, 0.29) is 39.1 Å². The van der Waals surface area contributed by atoms with E-state index in [4.69, 9.17) is 0 Å². The molecule has 0 saturated carbocycles. The minimum absolute atomic E-state index is 0.0137. The van der Waals surface area contributed by atoms with Crippen LogP contribution >= 0.6 is 0 Å². The fraction of sp³-hybridized carbons (Fsp3) is 0. The molecule has 0 aromatic heterocycles. The van der Waals surface area contributed by atoms with Crippen LogP contribution in [0.5, 0.6) is 0 Å². The molecule has 0 heterocycles. The third kappa shape index (κ3) is 5.47. The first-order valence-corrected chi connectivity index (χ1v) is 15.0. The summed E-state index contributed by atoms with van der Waals surface area (Å²) in [6.45, 7) is 0. The fourth-order valence-corrected chi connectivity index (χ4v) is 5.78. The number of carbonyl (C=O) groups is 4. The number of nitrogens with one attached hydrogen (secondary N) is 2. The monoisotopic (exact) mass is 613 g/mol. The van der Waals surface area contributed by atoms with Crippen molar-refractivity contribution >= 4 is 51.8 Å². The Labute approximate surface area is 271 Å². The van der Waals surface area contributed by atoms with Crippen molar-refractivity contribution in [3.8, 4) is 0 Å². The molecule has 2 N–H and O–H groups in total. The number of fused-ring (bicyclic) bond motifs is 2. The zero-order valence-electron chi connectivity index (χ0n) is 25.0. The summed E-state index contributed by atoms with van der Waals surface area (Å²) in [6.07, 6.45) is 0. The summed E-state index contributed by atoms with van der Waals surface area (Å²) in [6, 6.07) is 43.6. The van der Waals surface area contributed by atoms with E-state index in [1.807, 2.05) is 60.7 Å². The molecule has 6 aromatic carbocycles. The third-order valence-electron chi connectivity index (χ3n) is 7.97. The average molecular weight is 614 g/mol. The van der Waals surface area contributed by atoms with Gasteiger partial charge in [0.05, 0.1) is 33.8 Å². The number of benzene rings is 6. The van der Waals surface area contributed by atoms with Gasteiger partial charge >= 0.3 is 0 Å². The molecule has 0 saturated heterocycles. The van der Waals surface area contributed by atoms with Gasteiger partial charge in [-0.05, 0) is 66.7 Å². The molecule has 47 heavy (non-hydrogen) atoms. The molecule has 226 valence electrons. The Morgan fingerprint density at radius 1 is 0.426 bits per heavy atom. The van der Waals surface area contributed by atoms with Crippen LogP contribution < -0.4 is 15.5 Å². The number of carbonyl (C=O) groups excluding carboxylic acids is 4. The van der Waals surface area contributed by atoms with Gasteiger partial charge in [0.1, 0.15) is 0 Å². The molecule has 0 aliphatic heterocycles. The largest absolute Gasteiger partial charge is 0.355 e. The normalized spacial score (nSPS) is 11.7. The van der Waals surface area contributed by atoms with Crippen LogP contribution in [0.1, 0.15) is 52.6 Å². The Kier molecular flexibility index (Phi) is 7.70. The van der Waals surface area contributed by atoms with E-state index in [0.29, 0.717) is 17.1 Å². The molecule has 7 heteroatoms. The Hall–Kier alpha value is -6.60. The molecule has 0 bridgehead atoms. The first-order valence-electron chi connectivity index (χ1n) is 15.0. The summed E-state index contributed by atoms with van der Waals surface area (Å²) in [5, 5.41) is 6.56. The van der Waals surface area contributed by atoms with E-state index in [2.05, 4.69) is 10.6 Å². The molecule has 1 aliphatic carbocycles. The molecular weight excluding hydrogens is 586 g/mol. The molecule has 6 aromatic rings. The number of imide groups is 1. The lowest BCUT2D eigenvalue weighted by Gasteiger charge is -2.29. The van der Waals surface area contributed by atoms with Gasteiger partial charge in [0.25, 0.3) is 11.8 Å². The molecule has 7 rings (SSSR count). The lowest BCUT2D eigenvalue weighted by atomic mass is 9.81. The van der Waals surface area contributed by atoms with Gasteiger partial charge in [0.15, 0.2) is 11.6 Å². The number of hydrogen-bond donors (Lipinski definition) is 2. The zero-order valence-corrected chi connectivity index (χ0v) is 25.0. The minimum atomic E-state index is -0.632. The summed E-state index contributed by atoms with van der Waals surface area (Å²) in [7, 11) is 0. The highest BCUT2D eigenvalue weighted by Crippen LogP contribution is 2.42. The maximum Gasteiger partial charge on any atom is 0.265 e. The third-order valence-corrected chi connectivity index (χ3v) is 7.97. The lowest BCUT2D eigenvalue weighted by Crippen LogP contribution is -2.39. The van der Waals surface area contributed by atoms with E-state index in [0.717, 1.165) is 10.6 Å². The summed E-state index contributed by atoms with van der Waals surface area (Å²) in [5.74, 6) is -2.17. The lowest BCUT2D eigenvalue weighted by molar-refractivity contribution is 0.0895. The van der Waals surface area contributed by atoms with Crippen molar-refractivity contribution in [2.45, 2.75) is 0 Å². The molecule has 0 radical (unpaired) electrons. The number of ketones is 2. The van der Waals surface area contributed by atoms with Crippen molar-refractivity contribution in [2.75, 3.05) is 15.5 Å². The highest BCUT2D eigenvalue weighted by atomic mass is 16.2. The maximum absolute atomic E-state index is 14.8. The molecular formula is C40H27N3O4. The number of nitrogens with zero attached hydrogens (tertiary/aromatic N) is 1. The van der Waals surface area contributed by atoms with Crippen LogP contribution in [0.4, 0.5) is 28.4 Å². The van der Waals surface area contributed by atoms with Crippen molar-refractivity contribution in [3.63, 3.8) is 0 Å². The van der Waals surface area contributed by atoms with Crippen molar-refractivity contribution in [3.05, 3.63) is 185 Å². The first-order chi connectivity index (χ1) is 23.0. The predicted molar refractivity (Wildman–Crippen MR) is 183 cm³/mol. The molecule has 0 spiro atoms. The number of rotatable bonds is 7. The van der Waals surface area contributed by atoms with Crippen LogP contribution in [-0.2, 0) is 0 Å². The van der Waals surface area contributed by atoms with Crippen LogP contribution in [-0.4, -0.2) is 23.4 Å². The number of anilines is 5. The van der Waals surface area contributed by atoms with Crippen molar-refractivity contribution in [2.24, 2.45) is 0 Å². The zero-order chi connectivity index (χ0) is 32.3. The Balaban J connectivity index is 1.46. The standard InChI is InChI=1S/C40H27N3O4/c44-37-30-22-13-23-31(41-28-18-9-3-10-19-28)34(30)38(45)36-33(25-24-32(35(36)37)42-29-20-11-4-12-21-29)43(39(46)26-14-5-1-6-15-26)40(47)27-16-7-2-8-17-27/h1-25,41-42H. The van der Waals surface area contributed by atoms with Gasteiger partial charge in [0, 0.05) is 28.1 Å². The quantitative estimate of drug-likeness (QED) is 0.175. The number of hydrogen-bond acceptors (Lipinski definition) is 6. The van der Waals surface area contributed by atoms with Crippen LogP contribution in [0.25, 0.3) is 0 Å². The maximum atomic E-state index is 14.8. The fourth-order valence-electron chi connectivity index (χ4n) is 5.78. The van der Waals surface area contributed by atoms with Crippen LogP contribution in [0.3, 0.4) is 0 Å². The molecule has 2 amide bonds. The second kappa shape index (κ2) is 12.4. The van der Waals surface area contributed by atoms with Gasteiger partial charge in [-0.15, -0.1) is 0 Å². The van der Waals surface area contributed by atoms with Crippen molar-refractivity contribution in [1.29, 1.82) is 0 Å². The van der Waals surface area contributed by atoms with Crippen molar-refractivity contribution < 1.29 is 19.2 Å². The highest BCUT2D eigenvalue weighted by molar-refractivity contribution is 6.36. The summed E-state index contributed by atoms with van der Waals surface area (Å²) in [5.41, 5.74) is 3.15. The van der Waals surface area contributed by atoms with E-state index in [1.165, 1.54) is 0 Å². The van der Waals surface area contributed by atoms with Crippen LogP contribution in [0.2, 0.25) is 0 Å². The topological polar surface area (TPSA) is 95.6 Å². The summed E-state index contributed by atoms with van der Waals surface area (Å²) in [4.78, 5) is 58.8. The summed E-state index contributed by atoms with van der Waals surface area (Å²) < 4.78 is 0. The van der Waals surface area contributed by atoms with Crippen molar-refractivity contribution in [1.82, 2.24) is 0 Å². The van der Waals surface area contributed by atoms with Gasteiger partial charge in [0.2, 0.25) is 0 Å². The molecule has 1 aliphatic rings. The second-order valence-electron chi connectivity index (χ2n) is 10.9. The highest BCUT2D eigenvalue weighted by Gasteiger charge is 2.39. The Bertz CT molecular complexity index is 2100. The number of amides is 2. The van der Waals surface area contributed by atoms with Gasteiger partial charge in [-0.2, -0.15) is 0 Å². The van der Waals surface area contributed by atoms with Gasteiger partial charge in [-0.1, -0.05) is 84.9 Å². The van der Waals surface area contributed by atoms with Crippen LogP contribution in [0, 0.1) is 0 Å². The number of para-hydroxylation sites is 2. The summed E-state index contributed by atoms with van der Waals surface area (Å²) >= 11 is 0. The van der Waals surface area contributed by atoms with Gasteiger partial charge < -0.3 is 10.6 Å². The predicted octanol–water partition coefficient (Wildman–Crippen LogP) is 8.44. The first kappa shape index (κ1) is 29.1. The SMILES string of the molecule is O=C1c2cccc(Nc3ccccc3)c2C(=O)c2c(N(C(=O)c3ccccc3)C(=O)c3ccccc3)ccc(Nc3ccccc3)c21. The van der Waals surface area contributed by atoms with E-state index >= 15 is 0 Å². The molecule has 7 nitrogen and oxygen atoms in total. The van der Waals surface area contributed by atoms with E-state index in [9.17, 15) is 19.2 Å². The Morgan fingerprint density at radius 2 is 0.894 bits per heavy atom. The van der Waals surface area contributed by atoms with E-state index < -0.39 is 23.4 Å². The van der Waals surface area contributed by atoms with Gasteiger partial charge in [-0.25, -0.2) is 4.90 Å². The smallest absolute Gasteiger partial charge is 0.265 e. The molecule has 0 unspecified atom stereocenters.